The Morgan fingerprint density at radius 2 is 2.16 bits per heavy atom. The Kier molecular flexibility index (Phi) is 7.21. The van der Waals surface area contributed by atoms with Crippen molar-refractivity contribution in [3.05, 3.63) is 33.8 Å². The molecule has 0 saturated carbocycles. The number of benzene rings is 1. The minimum atomic E-state index is 0.00393. The van der Waals surface area contributed by atoms with Crippen molar-refractivity contribution in [1.29, 1.82) is 0 Å². The predicted octanol–water partition coefficient (Wildman–Crippen LogP) is 3.03. The maximum absolute atomic E-state index is 11.8. The van der Waals surface area contributed by atoms with Crippen LogP contribution in [0.15, 0.2) is 18.2 Å². The molecule has 1 rings (SSSR count). The zero-order valence-electron chi connectivity index (χ0n) is 11.1. The predicted molar refractivity (Wildman–Crippen MR) is 80.6 cm³/mol. The molecule has 0 aromatic heterocycles. The SMILES string of the molecule is CC(CCCN)C(=O)NCCc1ccc(Cl)cc1Cl. The van der Waals surface area contributed by atoms with Gasteiger partial charge in [-0.3, -0.25) is 4.79 Å². The van der Waals surface area contributed by atoms with Gasteiger partial charge in [-0.25, -0.2) is 0 Å². The first-order valence-corrected chi connectivity index (χ1v) is 7.22. The van der Waals surface area contributed by atoms with Crippen LogP contribution < -0.4 is 11.1 Å². The molecule has 5 heteroatoms. The molecule has 1 amide bonds. The van der Waals surface area contributed by atoms with Gasteiger partial charge in [-0.05, 0) is 43.5 Å². The van der Waals surface area contributed by atoms with Crippen LogP contribution in [0.1, 0.15) is 25.3 Å². The topological polar surface area (TPSA) is 55.1 Å². The van der Waals surface area contributed by atoms with Crippen LogP contribution >= 0.6 is 23.2 Å². The van der Waals surface area contributed by atoms with Crippen LogP contribution in [-0.4, -0.2) is 19.0 Å². The standard InChI is InChI=1S/C14H20Cl2N2O/c1-10(3-2-7-17)14(19)18-8-6-11-4-5-12(15)9-13(11)16/h4-5,9-10H,2-3,6-8,17H2,1H3,(H,18,19). The lowest BCUT2D eigenvalue weighted by Gasteiger charge is -2.12. The Balaban J connectivity index is 2.35. The minimum Gasteiger partial charge on any atom is -0.356 e. The number of nitrogens with two attached hydrogens (primary N) is 1. The van der Waals surface area contributed by atoms with Crippen LogP contribution in [0.25, 0.3) is 0 Å². The third-order valence-corrected chi connectivity index (χ3v) is 3.58. The van der Waals surface area contributed by atoms with Crippen molar-refractivity contribution in [2.45, 2.75) is 26.2 Å². The Morgan fingerprint density at radius 3 is 2.79 bits per heavy atom. The summed E-state index contributed by atoms with van der Waals surface area (Å²) in [6.45, 7) is 3.12. The van der Waals surface area contributed by atoms with Crippen LogP contribution in [0, 0.1) is 5.92 Å². The lowest BCUT2D eigenvalue weighted by Crippen LogP contribution is -2.31. The molecule has 1 atom stereocenters. The van der Waals surface area contributed by atoms with Gasteiger partial charge in [-0.15, -0.1) is 0 Å². The maximum Gasteiger partial charge on any atom is 0.222 e. The van der Waals surface area contributed by atoms with Crippen LogP contribution in [0.3, 0.4) is 0 Å². The van der Waals surface area contributed by atoms with E-state index in [1.165, 1.54) is 0 Å². The zero-order chi connectivity index (χ0) is 14.3. The number of carbonyl (C=O) groups is 1. The highest BCUT2D eigenvalue weighted by Crippen LogP contribution is 2.21. The Hall–Kier alpha value is -0.770. The number of hydrogen-bond donors (Lipinski definition) is 2. The third kappa shape index (κ3) is 5.81. The molecule has 1 aromatic carbocycles. The van der Waals surface area contributed by atoms with Gasteiger partial charge in [0.15, 0.2) is 0 Å². The normalized spacial score (nSPS) is 12.2. The molecule has 0 aliphatic rings. The van der Waals surface area contributed by atoms with Crippen LogP contribution in [0.5, 0.6) is 0 Å². The van der Waals surface area contributed by atoms with Gasteiger partial charge >= 0.3 is 0 Å². The second kappa shape index (κ2) is 8.41. The average molecular weight is 303 g/mol. The second-order valence-corrected chi connectivity index (χ2v) is 5.45. The molecule has 0 radical (unpaired) electrons. The van der Waals surface area contributed by atoms with Crippen molar-refractivity contribution < 1.29 is 4.79 Å². The van der Waals surface area contributed by atoms with Crippen molar-refractivity contribution in [3.8, 4) is 0 Å². The number of amides is 1. The fourth-order valence-corrected chi connectivity index (χ4v) is 2.28. The number of halogens is 2. The van der Waals surface area contributed by atoms with E-state index < -0.39 is 0 Å². The van der Waals surface area contributed by atoms with E-state index in [9.17, 15) is 4.79 Å². The summed E-state index contributed by atoms with van der Waals surface area (Å²) in [5.74, 6) is 0.0720. The van der Waals surface area contributed by atoms with Gasteiger partial charge in [0.05, 0.1) is 0 Å². The van der Waals surface area contributed by atoms with Crippen molar-refractivity contribution in [3.63, 3.8) is 0 Å². The fourth-order valence-electron chi connectivity index (χ4n) is 1.77. The summed E-state index contributed by atoms with van der Waals surface area (Å²) < 4.78 is 0. The molecule has 0 heterocycles. The van der Waals surface area contributed by atoms with Gasteiger partial charge in [0, 0.05) is 22.5 Å². The molecule has 3 nitrogen and oxygen atoms in total. The van der Waals surface area contributed by atoms with E-state index in [4.69, 9.17) is 28.9 Å². The monoisotopic (exact) mass is 302 g/mol. The van der Waals surface area contributed by atoms with Crippen molar-refractivity contribution >= 4 is 29.1 Å². The number of nitrogens with one attached hydrogen (secondary N) is 1. The summed E-state index contributed by atoms with van der Waals surface area (Å²) in [6.07, 6.45) is 2.40. The molecule has 0 spiro atoms. The number of hydrogen-bond acceptors (Lipinski definition) is 2. The van der Waals surface area contributed by atoms with Crippen molar-refractivity contribution in [2.75, 3.05) is 13.1 Å². The molecule has 1 aromatic rings. The maximum atomic E-state index is 11.8. The van der Waals surface area contributed by atoms with Gasteiger partial charge in [-0.1, -0.05) is 36.2 Å². The highest BCUT2D eigenvalue weighted by atomic mass is 35.5. The summed E-state index contributed by atoms with van der Waals surface area (Å²) >= 11 is 11.9. The lowest BCUT2D eigenvalue weighted by molar-refractivity contribution is -0.124. The molecular weight excluding hydrogens is 283 g/mol. The highest BCUT2D eigenvalue weighted by Gasteiger charge is 2.11. The molecule has 0 saturated heterocycles. The quantitative estimate of drug-likeness (QED) is 0.813. The number of carbonyl (C=O) groups excluding carboxylic acids is 1. The summed E-state index contributed by atoms with van der Waals surface area (Å²) in [7, 11) is 0. The fraction of sp³-hybridized carbons (Fsp3) is 0.500. The van der Waals surface area contributed by atoms with Gasteiger partial charge in [-0.2, -0.15) is 0 Å². The van der Waals surface area contributed by atoms with Gasteiger partial charge in [0.1, 0.15) is 0 Å². The smallest absolute Gasteiger partial charge is 0.222 e. The van der Waals surface area contributed by atoms with E-state index in [0.29, 0.717) is 29.6 Å². The Labute approximate surface area is 124 Å². The minimum absolute atomic E-state index is 0.00393. The molecule has 19 heavy (non-hydrogen) atoms. The molecule has 0 fully saturated rings. The van der Waals surface area contributed by atoms with Crippen LogP contribution in [0.4, 0.5) is 0 Å². The zero-order valence-corrected chi connectivity index (χ0v) is 12.6. The summed E-state index contributed by atoms with van der Waals surface area (Å²) in [5.41, 5.74) is 6.41. The largest absolute Gasteiger partial charge is 0.356 e. The molecular formula is C14H20Cl2N2O. The summed E-state index contributed by atoms with van der Waals surface area (Å²) in [6, 6.07) is 5.40. The highest BCUT2D eigenvalue weighted by molar-refractivity contribution is 6.35. The number of rotatable bonds is 7. The van der Waals surface area contributed by atoms with Gasteiger partial charge in [0.2, 0.25) is 5.91 Å². The van der Waals surface area contributed by atoms with Crippen molar-refractivity contribution in [1.82, 2.24) is 5.32 Å². The molecule has 0 aliphatic carbocycles. The van der Waals surface area contributed by atoms with E-state index in [1.54, 1.807) is 12.1 Å². The first kappa shape index (κ1) is 16.3. The van der Waals surface area contributed by atoms with Gasteiger partial charge < -0.3 is 11.1 Å². The van der Waals surface area contributed by atoms with Crippen LogP contribution in [-0.2, 0) is 11.2 Å². The van der Waals surface area contributed by atoms with Gasteiger partial charge in [0.25, 0.3) is 0 Å². The molecule has 0 aliphatic heterocycles. The van der Waals surface area contributed by atoms with E-state index in [0.717, 1.165) is 18.4 Å². The summed E-state index contributed by atoms with van der Waals surface area (Å²) in [4.78, 5) is 11.8. The van der Waals surface area contributed by atoms with E-state index in [1.807, 2.05) is 13.0 Å². The van der Waals surface area contributed by atoms with E-state index in [-0.39, 0.29) is 11.8 Å². The van der Waals surface area contributed by atoms with E-state index >= 15 is 0 Å². The molecule has 0 bridgehead atoms. The molecule has 106 valence electrons. The Bertz CT molecular complexity index is 424. The molecule has 3 N–H and O–H groups in total. The van der Waals surface area contributed by atoms with E-state index in [2.05, 4.69) is 5.32 Å². The molecule has 1 unspecified atom stereocenters. The first-order valence-electron chi connectivity index (χ1n) is 6.46. The third-order valence-electron chi connectivity index (χ3n) is 3.00. The summed E-state index contributed by atoms with van der Waals surface area (Å²) in [5, 5.41) is 4.17. The second-order valence-electron chi connectivity index (χ2n) is 4.61. The lowest BCUT2D eigenvalue weighted by atomic mass is 10.0. The average Bonchev–Trinajstić information content (AvgIpc) is 2.38. The van der Waals surface area contributed by atoms with Crippen LogP contribution in [0.2, 0.25) is 10.0 Å². The first-order chi connectivity index (χ1) is 9.04. The Morgan fingerprint density at radius 1 is 1.42 bits per heavy atom. The van der Waals surface area contributed by atoms with Crippen molar-refractivity contribution in [2.24, 2.45) is 11.7 Å².